The van der Waals surface area contributed by atoms with Gasteiger partial charge in [0.1, 0.15) is 0 Å². The van der Waals surface area contributed by atoms with Crippen LogP contribution in [0.2, 0.25) is 5.02 Å². The fraction of sp³-hybridized carbons (Fsp3) is 0.158. The molecule has 30 heavy (non-hydrogen) atoms. The van der Waals surface area contributed by atoms with Crippen LogP contribution < -0.4 is 5.43 Å². The van der Waals surface area contributed by atoms with Crippen molar-refractivity contribution in [3.8, 4) is 11.4 Å². The highest BCUT2D eigenvalue weighted by molar-refractivity contribution is 7.99. The van der Waals surface area contributed by atoms with Crippen molar-refractivity contribution in [1.29, 1.82) is 0 Å². The number of nitrogens with zero attached hydrogens (tertiary/aromatic N) is 5. The average molecular weight is 445 g/mol. The van der Waals surface area contributed by atoms with Gasteiger partial charge in [-0.05, 0) is 48.9 Å². The number of nitrogens with one attached hydrogen (secondary N) is 1. The second-order valence-electron chi connectivity index (χ2n) is 5.99. The molecule has 1 heterocycles. The van der Waals surface area contributed by atoms with E-state index in [4.69, 9.17) is 11.6 Å². The van der Waals surface area contributed by atoms with Gasteiger partial charge in [-0.15, -0.1) is 10.2 Å². The lowest BCUT2D eigenvalue weighted by molar-refractivity contribution is -0.384. The molecule has 0 aliphatic carbocycles. The molecular weight excluding hydrogens is 428 g/mol. The van der Waals surface area contributed by atoms with Gasteiger partial charge in [-0.25, -0.2) is 5.43 Å². The van der Waals surface area contributed by atoms with E-state index in [1.807, 2.05) is 23.6 Å². The van der Waals surface area contributed by atoms with E-state index in [1.165, 1.54) is 30.1 Å². The van der Waals surface area contributed by atoms with Crippen molar-refractivity contribution in [2.24, 2.45) is 5.10 Å². The van der Waals surface area contributed by atoms with E-state index in [1.54, 1.807) is 24.3 Å². The number of rotatable bonds is 8. The summed E-state index contributed by atoms with van der Waals surface area (Å²) in [6.07, 6.45) is 1.42. The standard InChI is InChI=1S/C19H17ClN6O3S/c1-2-25-18(14-5-7-15(20)8-6-14)23-24-19(25)30-12-17(27)22-21-11-13-3-9-16(10-4-13)26(28)29/h3-11H,2,12H2,1H3,(H,22,27). The van der Waals surface area contributed by atoms with Crippen molar-refractivity contribution in [2.75, 3.05) is 5.75 Å². The zero-order valence-corrected chi connectivity index (χ0v) is 17.4. The Labute approximate surface area is 181 Å². The summed E-state index contributed by atoms with van der Waals surface area (Å²) in [5.41, 5.74) is 3.93. The highest BCUT2D eigenvalue weighted by atomic mass is 35.5. The van der Waals surface area contributed by atoms with E-state index in [-0.39, 0.29) is 17.3 Å². The Hall–Kier alpha value is -3.24. The molecule has 3 rings (SSSR count). The van der Waals surface area contributed by atoms with Crippen LogP contribution in [0, 0.1) is 10.1 Å². The van der Waals surface area contributed by atoms with Gasteiger partial charge in [-0.2, -0.15) is 5.10 Å². The van der Waals surface area contributed by atoms with E-state index >= 15 is 0 Å². The second kappa shape index (κ2) is 9.99. The van der Waals surface area contributed by atoms with Crippen molar-refractivity contribution in [3.63, 3.8) is 0 Å². The molecule has 0 atom stereocenters. The lowest BCUT2D eigenvalue weighted by atomic mass is 10.2. The predicted octanol–water partition coefficient (Wildman–Crippen LogP) is 3.77. The highest BCUT2D eigenvalue weighted by Crippen LogP contribution is 2.25. The van der Waals surface area contributed by atoms with Gasteiger partial charge in [0.25, 0.3) is 11.6 Å². The number of hydrazone groups is 1. The fourth-order valence-corrected chi connectivity index (χ4v) is 3.44. The van der Waals surface area contributed by atoms with Crippen molar-refractivity contribution in [1.82, 2.24) is 20.2 Å². The molecule has 2 aromatic carbocycles. The van der Waals surface area contributed by atoms with Gasteiger partial charge in [0.2, 0.25) is 0 Å². The summed E-state index contributed by atoms with van der Waals surface area (Å²) in [6.45, 7) is 2.62. The zero-order valence-electron chi connectivity index (χ0n) is 15.9. The van der Waals surface area contributed by atoms with E-state index in [9.17, 15) is 14.9 Å². The normalized spacial score (nSPS) is 11.0. The minimum atomic E-state index is -0.479. The maximum absolute atomic E-state index is 12.1. The number of hydrogen-bond donors (Lipinski definition) is 1. The monoisotopic (exact) mass is 444 g/mol. The van der Waals surface area contributed by atoms with E-state index in [0.717, 1.165) is 5.56 Å². The van der Waals surface area contributed by atoms with Gasteiger partial charge < -0.3 is 4.57 Å². The predicted molar refractivity (Wildman–Crippen MR) is 116 cm³/mol. The first kappa shape index (κ1) is 21.5. The lowest BCUT2D eigenvalue weighted by Crippen LogP contribution is -2.20. The number of non-ortho nitro benzene ring substituents is 1. The van der Waals surface area contributed by atoms with Gasteiger partial charge in [-0.1, -0.05) is 23.4 Å². The SMILES string of the molecule is CCn1c(SCC(=O)NN=Cc2ccc([N+](=O)[O-])cc2)nnc1-c1ccc(Cl)cc1. The van der Waals surface area contributed by atoms with Crippen LogP contribution in [-0.4, -0.2) is 37.6 Å². The zero-order chi connectivity index (χ0) is 21.5. The molecule has 0 unspecified atom stereocenters. The Morgan fingerprint density at radius 2 is 1.93 bits per heavy atom. The van der Waals surface area contributed by atoms with Crippen molar-refractivity contribution in [3.05, 3.63) is 69.2 Å². The number of thioether (sulfide) groups is 1. The third-order valence-electron chi connectivity index (χ3n) is 3.97. The van der Waals surface area contributed by atoms with Crippen LogP contribution in [-0.2, 0) is 11.3 Å². The van der Waals surface area contributed by atoms with Gasteiger partial charge >= 0.3 is 0 Å². The maximum atomic E-state index is 12.1. The van der Waals surface area contributed by atoms with Crippen LogP contribution in [0.3, 0.4) is 0 Å². The summed E-state index contributed by atoms with van der Waals surface area (Å²) < 4.78 is 1.92. The largest absolute Gasteiger partial charge is 0.302 e. The fourth-order valence-electron chi connectivity index (χ4n) is 2.52. The molecular formula is C19H17ClN6O3S. The molecule has 0 aliphatic rings. The number of nitro groups is 1. The smallest absolute Gasteiger partial charge is 0.269 e. The van der Waals surface area contributed by atoms with Crippen LogP contribution in [0.4, 0.5) is 5.69 Å². The van der Waals surface area contributed by atoms with Crippen molar-refractivity contribution < 1.29 is 9.72 Å². The molecule has 11 heteroatoms. The Balaban J connectivity index is 1.57. The number of hydrogen-bond acceptors (Lipinski definition) is 7. The molecule has 0 saturated carbocycles. The number of carbonyl (C=O) groups is 1. The number of benzene rings is 2. The summed E-state index contributed by atoms with van der Waals surface area (Å²) in [5, 5.41) is 24.2. The number of nitro benzene ring substituents is 1. The summed E-state index contributed by atoms with van der Waals surface area (Å²) in [5.74, 6) is 0.501. The Kier molecular flexibility index (Phi) is 7.15. The van der Waals surface area contributed by atoms with E-state index < -0.39 is 4.92 Å². The average Bonchev–Trinajstić information content (AvgIpc) is 3.16. The number of amides is 1. The minimum Gasteiger partial charge on any atom is -0.302 e. The maximum Gasteiger partial charge on any atom is 0.269 e. The second-order valence-corrected chi connectivity index (χ2v) is 7.37. The molecule has 0 fully saturated rings. The van der Waals surface area contributed by atoms with E-state index in [0.29, 0.717) is 28.1 Å². The number of carbonyl (C=O) groups excluding carboxylic acids is 1. The molecule has 0 radical (unpaired) electrons. The van der Waals surface area contributed by atoms with Crippen molar-refractivity contribution in [2.45, 2.75) is 18.6 Å². The molecule has 0 spiro atoms. The molecule has 1 amide bonds. The summed E-state index contributed by atoms with van der Waals surface area (Å²) in [7, 11) is 0. The molecule has 0 bridgehead atoms. The van der Waals surface area contributed by atoms with Crippen LogP contribution in [0.15, 0.2) is 58.8 Å². The Morgan fingerprint density at radius 3 is 2.57 bits per heavy atom. The van der Waals surface area contributed by atoms with Gasteiger partial charge in [0, 0.05) is 29.3 Å². The molecule has 1 N–H and O–H groups in total. The van der Waals surface area contributed by atoms with Crippen LogP contribution in [0.5, 0.6) is 0 Å². The van der Waals surface area contributed by atoms with Crippen molar-refractivity contribution >= 4 is 41.2 Å². The Bertz CT molecular complexity index is 1070. The highest BCUT2D eigenvalue weighted by Gasteiger charge is 2.14. The third kappa shape index (κ3) is 5.43. The molecule has 154 valence electrons. The third-order valence-corrected chi connectivity index (χ3v) is 5.19. The lowest BCUT2D eigenvalue weighted by Gasteiger charge is -2.07. The van der Waals surface area contributed by atoms with Crippen LogP contribution >= 0.6 is 23.4 Å². The topological polar surface area (TPSA) is 115 Å². The van der Waals surface area contributed by atoms with Gasteiger partial charge in [0.15, 0.2) is 11.0 Å². The summed E-state index contributed by atoms with van der Waals surface area (Å²) in [4.78, 5) is 22.2. The molecule has 9 nitrogen and oxygen atoms in total. The molecule has 0 saturated heterocycles. The summed E-state index contributed by atoms with van der Waals surface area (Å²) in [6, 6.07) is 13.1. The molecule has 1 aromatic heterocycles. The molecule has 0 aliphatic heterocycles. The summed E-state index contributed by atoms with van der Waals surface area (Å²) >= 11 is 7.19. The first-order valence-corrected chi connectivity index (χ1v) is 10.2. The van der Waals surface area contributed by atoms with Crippen LogP contribution in [0.25, 0.3) is 11.4 Å². The van der Waals surface area contributed by atoms with Gasteiger partial charge in [0.05, 0.1) is 16.9 Å². The molecule has 3 aromatic rings. The first-order chi connectivity index (χ1) is 14.5. The first-order valence-electron chi connectivity index (χ1n) is 8.86. The van der Waals surface area contributed by atoms with Gasteiger partial charge in [-0.3, -0.25) is 14.9 Å². The van der Waals surface area contributed by atoms with Crippen LogP contribution in [0.1, 0.15) is 12.5 Å². The number of aromatic nitrogens is 3. The minimum absolute atomic E-state index is 0.00871. The number of halogens is 1. The Morgan fingerprint density at radius 1 is 1.23 bits per heavy atom. The quantitative estimate of drug-likeness (QED) is 0.245. The van der Waals surface area contributed by atoms with E-state index in [2.05, 4.69) is 20.7 Å².